The lowest BCUT2D eigenvalue weighted by Crippen LogP contribution is -2.25. The van der Waals surface area contributed by atoms with Crippen LogP contribution in [0.15, 0.2) is 29.4 Å². The number of thioether (sulfide) groups is 1. The van der Waals surface area contributed by atoms with Gasteiger partial charge in [-0.25, -0.2) is 9.67 Å². The van der Waals surface area contributed by atoms with E-state index in [1.54, 1.807) is 11.8 Å². The lowest BCUT2D eigenvalue weighted by atomic mass is 10.3. The summed E-state index contributed by atoms with van der Waals surface area (Å²) in [4.78, 5) is 6.92. The second kappa shape index (κ2) is 7.82. The van der Waals surface area contributed by atoms with Crippen molar-refractivity contribution in [2.75, 3.05) is 25.4 Å². The van der Waals surface area contributed by atoms with E-state index in [9.17, 15) is 0 Å². The van der Waals surface area contributed by atoms with E-state index in [4.69, 9.17) is 11.6 Å². The zero-order valence-electron chi connectivity index (χ0n) is 12.7. The molecule has 4 nitrogen and oxygen atoms in total. The van der Waals surface area contributed by atoms with Crippen molar-refractivity contribution in [2.45, 2.75) is 25.9 Å². The molecule has 0 atom stereocenters. The van der Waals surface area contributed by atoms with Crippen molar-refractivity contribution in [3.63, 3.8) is 0 Å². The fourth-order valence-electron chi connectivity index (χ4n) is 2.09. The number of hydrogen-bond donors (Lipinski definition) is 0. The van der Waals surface area contributed by atoms with E-state index in [0.717, 1.165) is 42.1 Å². The first-order valence-corrected chi connectivity index (χ1v) is 8.55. The van der Waals surface area contributed by atoms with Gasteiger partial charge in [-0.05, 0) is 38.2 Å². The van der Waals surface area contributed by atoms with Gasteiger partial charge in [-0.3, -0.25) is 0 Å². The summed E-state index contributed by atoms with van der Waals surface area (Å²) in [6.45, 7) is 9.56. The molecule has 114 valence electrons. The average Bonchev–Trinajstić information content (AvgIpc) is 2.85. The minimum absolute atomic E-state index is 0.707. The molecule has 0 saturated carbocycles. The second-order valence-electron chi connectivity index (χ2n) is 4.71. The molecule has 2 rings (SSSR count). The summed E-state index contributed by atoms with van der Waals surface area (Å²) in [5.74, 6) is 1.88. The standard InChI is InChI=1S/C15H21ClN4S/c1-4-19(5-2)9-10-21-15-17-12(3)20(18-15)14-8-6-7-13(16)11-14/h6-8,11H,4-5,9-10H2,1-3H3. The zero-order valence-corrected chi connectivity index (χ0v) is 14.3. The van der Waals surface area contributed by atoms with Crippen LogP contribution in [-0.4, -0.2) is 45.1 Å². The number of hydrogen-bond acceptors (Lipinski definition) is 4. The fourth-order valence-corrected chi connectivity index (χ4v) is 3.14. The number of nitrogens with zero attached hydrogens (tertiary/aromatic N) is 4. The van der Waals surface area contributed by atoms with Crippen molar-refractivity contribution < 1.29 is 0 Å². The monoisotopic (exact) mass is 324 g/mol. The van der Waals surface area contributed by atoms with Crippen molar-refractivity contribution in [3.05, 3.63) is 35.1 Å². The lowest BCUT2D eigenvalue weighted by molar-refractivity contribution is 0.324. The highest BCUT2D eigenvalue weighted by Gasteiger charge is 2.09. The van der Waals surface area contributed by atoms with E-state index in [1.165, 1.54) is 0 Å². The van der Waals surface area contributed by atoms with Gasteiger partial charge in [-0.2, -0.15) is 0 Å². The van der Waals surface area contributed by atoms with Gasteiger partial charge in [0.25, 0.3) is 0 Å². The van der Waals surface area contributed by atoms with Crippen LogP contribution >= 0.6 is 23.4 Å². The highest BCUT2D eigenvalue weighted by molar-refractivity contribution is 7.99. The van der Waals surface area contributed by atoms with Crippen LogP contribution in [0.25, 0.3) is 5.69 Å². The Hall–Kier alpha value is -1.04. The zero-order chi connectivity index (χ0) is 15.2. The first kappa shape index (κ1) is 16.3. The van der Waals surface area contributed by atoms with Crippen molar-refractivity contribution in [3.8, 4) is 5.69 Å². The van der Waals surface area contributed by atoms with Crippen molar-refractivity contribution in [1.29, 1.82) is 0 Å². The molecule has 0 saturated heterocycles. The van der Waals surface area contributed by atoms with Crippen molar-refractivity contribution >= 4 is 23.4 Å². The molecule has 0 aliphatic heterocycles. The molecule has 0 fully saturated rings. The smallest absolute Gasteiger partial charge is 0.209 e. The van der Waals surface area contributed by atoms with Crippen molar-refractivity contribution in [2.24, 2.45) is 0 Å². The second-order valence-corrected chi connectivity index (χ2v) is 6.21. The number of aromatic nitrogens is 3. The summed E-state index contributed by atoms with van der Waals surface area (Å²) in [5, 5.41) is 6.09. The quantitative estimate of drug-likeness (QED) is 0.728. The Morgan fingerprint density at radius 3 is 2.71 bits per heavy atom. The van der Waals surface area contributed by atoms with Gasteiger partial charge in [0, 0.05) is 17.3 Å². The molecule has 0 aliphatic rings. The van der Waals surface area contributed by atoms with Crippen LogP contribution < -0.4 is 0 Å². The predicted molar refractivity (Wildman–Crippen MR) is 89.6 cm³/mol. The van der Waals surface area contributed by atoms with E-state index in [1.807, 2.05) is 35.9 Å². The Bertz CT molecular complexity index is 581. The van der Waals surface area contributed by atoms with Crippen LogP contribution in [-0.2, 0) is 0 Å². The summed E-state index contributed by atoms with van der Waals surface area (Å²) in [5.41, 5.74) is 0.947. The van der Waals surface area contributed by atoms with Gasteiger partial charge in [0.15, 0.2) is 0 Å². The SMILES string of the molecule is CCN(CC)CCSc1nc(C)n(-c2cccc(Cl)c2)n1. The Morgan fingerprint density at radius 2 is 2.05 bits per heavy atom. The maximum Gasteiger partial charge on any atom is 0.209 e. The van der Waals surface area contributed by atoms with E-state index in [2.05, 4.69) is 28.8 Å². The molecular formula is C15H21ClN4S. The molecule has 0 aliphatic carbocycles. The first-order valence-electron chi connectivity index (χ1n) is 7.18. The molecular weight excluding hydrogens is 304 g/mol. The summed E-state index contributed by atoms with van der Waals surface area (Å²) in [6.07, 6.45) is 0. The van der Waals surface area contributed by atoms with Crippen LogP contribution in [0.3, 0.4) is 0 Å². The van der Waals surface area contributed by atoms with Gasteiger partial charge < -0.3 is 4.90 Å². The van der Waals surface area contributed by atoms with E-state index in [0.29, 0.717) is 5.02 Å². The van der Waals surface area contributed by atoms with Gasteiger partial charge in [0.1, 0.15) is 5.82 Å². The summed E-state index contributed by atoms with van der Waals surface area (Å²) < 4.78 is 1.84. The average molecular weight is 325 g/mol. The molecule has 1 heterocycles. The summed E-state index contributed by atoms with van der Waals surface area (Å²) >= 11 is 7.73. The third kappa shape index (κ3) is 4.46. The van der Waals surface area contributed by atoms with E-state index in [-0.39, 0.29) is 0 Å². The van der Waals surface area contributed by atoms with Crippen LogP contribution in [0, 0.1) is 6.92 Å². The van der Waals surface area contributed by atoms with Crippen LogP contribution in [0.5, 0.6) is 0 Å². The Kier molecular flexibility index (Phi) is 6.08. The van der Waals surface area contributed by atoms with E-state index >= 15 is 0 Å². The van der Waals surface area contributed by atoms with Crippen LogP contribution in [0.1, 0.15) is 19.7 Å². The third-order valence-corrected chi connectivity index (χ3v) is 4.39. The predicted octanol–water partition coefficient (Wildman–Crippen LogP) is 3.66. The fraction of sp³-hybridized carbons (Fsp3) is 0.467. The Morgan fingerprint density at radius 1 is 1.29 bits per heavy atom. The largest absolute Gasteiger partial charge is 0.303 e. The number of halogens is 1. The third-order valence-electron chi connectivity index (χ3n) is 3.34. The molecule has 2 aromatic rings. The summed E-state index contributed by atoms with van der Waals surface area (Å²) in [7, 11) is 0. The first-order chi connectivity index (χ1) is 10.1. The van der Waals surface area contributed by atoms with Crippen LogP contribution in [0.2, 0.25) is 5.02 Å². The summed E-state index contributed by atoms with van der Waals surface area (Å²) in [6, 6.07) is 7.66. The Labute approximate surface area is 135 Å². The van der Waals surface area contributed by atoms with Gasteiger partial charge in [0.2, 0.25) is 5.16 Å². The molecule has 1 aromatic carbocycles. The van der Waals surface area contributed by atoms with Gasteiger partial charge in [-0.15, -0.1) is 5.10 Å². The minimum Gasteiger partial charge on any atom is -0.303 e. The van der Waals surface area contributed by atoms with Gasteiger partial charge in [0.05, 0.1) is 5.69 Å². The molecule has 1 aromatic heterocycles. The van der Waals surface area contributed by atoms with Crippen molar-refractivity contribution in [1.82, 2.24) is 19.7 Å². The number of aryl methyl sites for hydroxylation is 1. The molecule has 0 spiro atoms. The lowest BCUT2D eigenvalue weighted by Gasteiger charge is -2.16. The number of rotatable bonds is 7. The molecule has 0 unspecified atom stereocenters. The molecule has 0 radical (unpaired) electrons. The maximum absolute atomic E-state index is 6.03. The highest BCUT2D eigenvalue weighted by atomic mass is 35.5. The molecule has 6 heteroatoms. The molecule has 21 heavy (non-hydrogen) atoms. The minimum atomic E-state index is 0.707. The molecule has 0 bridgehead atoms. The Balaban J connectivity index is 2.02. The molecule has 0 amide bonds. The topological polar surface area (TPSA) is 34.0 Å². The van der Waals surface area contributed by atoms with Crippen LogP contribution in [0.4, 0.5) is 0 Å². The van der Waals surface area contributed by atoms with Gasteiger partial charge >= 0.3 is 0 Å². The highest BCUT2D eigenvalue weighted by Crippen LogP contribution is 2.19. The van der Waals surface area contributed by atoms with E-state index < -0.39 is 0 Å². The normalized spacial score (nSPS) is 11.3. The van der Waals surface area contributed by atoms with Gasteiger partial charge in [-0.1, -0.05) is 43.3 Å². The molecule has 0 N–H and O–H groups in total. The number of benzene rings is 1. The maximum atomic E-state index is 6.03.